The number of piperidine rings is 1. The van der Waals surface area contributed by atoms with Gasteiger partial charge in [-0.3, -0.25) is 4.40 Å². The molecule has 1 atom stereocenters. The summed E-state index contributed by atoms with van der Waals surface area (Å²) in [4.78, 5) is 28.6. The Hall–Kier alpha value is -2.62. The van der Waals surface area contributed by atoms with Crippen molar-refractivity contribution in [1.29, 1.82) is 0 Å². The van der Waals surface area contributed by atoms with E-state index in [1.165, 1.54) is 0 Å². The predicted octanol–water partition coefficient (Wildman–Crippen LogP) is 1.24. The number of imidazole rings is 1. The van der Waals surface area contributed by atoms with Gasteiger partial charge in [-0.05, 0) is 18.9 Å². The van der Waals surface area contributed by atoms with Crippen molar-refractivity contribution in [2.24, 2.45) is 0 Å². The van der Waals surface area contributed by atoms with Crippen LogP contribution in [0.15, 0.2) is 24.7 Å². The van der Waals surface area contributed by atoms with Gasteiger partial charge in [0.25, 0.3) is 0 Å². The van der Waals surface area contributed by atoms with E-state index in [9.17, 15) is 13.2 Å². The molecule has 10 heteroatoms. The van der Waals surface area contributed by atoms with Crippen molar-refractivity contribution in [2.45, 2.75) is 18.8 Å². The van der Waals surface area contributed by atoms with Crippen molar-refractivity contribution in [3.63, 3.8) is 0 Å². The minimum atomic E-state index is -3.00. The fraction of sp³-hybridized carbons (Fsp3) is 0.500. The van der Waals surface area contributed by atoms with Crippen molar-refractivity contribution < 1.29 is 13.2 Å². The first-order valence-corrected chi connectivity index (χ1v) is 11.4. The lowest BCUT2D eigenvalue weighted by Crippen LogP contribution is -2.52. The highest BCUT2D eigenvalue weighted by Gasteiger charge is 2.32. The van der Waals surface area contributed by atoms with Gasteiger partial charge in [-0.25, -0.2) is 23.2 Å². The second kappa shape index (κ2) is 6.47. The van der Waals surface area contributed by atoms with Crippen LogP contribution in [0.1, 0.15) is 24.6 Å². The summed E-state index contributed by atoms with van der Waals surface area (Å²) in [5.41, 5.74) is 2.73. The molecule has 2 aliphatic heterocycles. The van der Waals surface area contributed by atoms with E-state index in [0.717, 1.165) is 35.3 Å². The van der Waals surface area contributed by atoms with Crippen LogP contribution >= 0.6 is 0 Å². The Labute approximate surface area is 162 Å². The van der Waals surface area contributed by atoms with Crippen LogP contribution < -0.4 is 0 Å². The summed E-state index contributed by atoms with van der Waals surface area (Å²) in [5.74, 6) is 1.19. The van der Waals surface area contributed by atoms with Crippen molar-refractivity contribution in [1.82, 2.24) is 29.2 Å². The Morgan fingerprint density at radius 3 is 2.71 bits per heavy atom. The molecule has 3 aromatic heterocycles. The van der Waals surface area contributed by atoms with Crippen LogP contribution in [0.3, 0.4) is 0 Å². The largest absolute Gasteiger partial charge is 0.345 e. The first-order valence-electron chi connectivity index (χ1n) is 9.55. The van der Waals surface area contributed by atoms with Gasteiger partial charge in [0.05, 0.1) is 34.9 Å². The molecule has 2 aliphatic rings. The van der Waals surface area contributed by atoms with Gasteiger partial charge in [0.1, 0.15) is 5.82 Å². The molecule has 0 saturated carbocycles. The van der Waals surface area contributed by atoms with Gasteiger partial charge in [0.15, 0.2) is 15.5 Å². The quantitative estimate of drug-likeness (QED) is 0.660. The van der Waals surface area contributed by atoms with Crippen molar-refractivity contribution in [3.05, 3.63) is 30.5 Å². The number of urea groups is 1. The number of fused-ring (bicyclic) bond motifs is 3. The summed E-state index contributed by atoms with van der Waals surface area (Å²) >= 11 is 0. The molecule has 148 valence electrons. The highest BCUT2D eigenvalue weighted by molar-refractivity contribution is 7.91. The molecule has 1 unspecified atom stereocenters. The Morgan fingerprint density at radius 2 is 1.89 bits per heavy atom. The number of carbonyl (C=O) groups excluding carboxylic acids is 1. The molecule has 0 bridgehead atoms. The van der Waals surface area contributed by atoms with Crippen molar-refractivity contribution in [3.8, 4) is 0 Å². The van der Waals surface area contributed by atoms with Gasteiger partial charge < -0.3 is 14.8 Å². The van der Waals surface area contributed by atoms with E-state index in [1.54, 1.807) is 11.1 Å². The molecule has 2 saturated heterocycles. The normalized spacial score (nSPS) is 22.8. The molecule has 0 spiro atoms. The highest BCUT2D eigenvalue weighted by atomic mass is 32.2. The van der Waals surface area contributed by atoms with Gasteiger partial charge in [-0.15, -0.1) is 0 Å². The minimum absolute atomic E-state index is 0.0549. The maximum absolute atomic E-state index is 12.9. The molecule has 2 amide bonds. The third-order valence-electron chi connectivity index (χ3n) is 5.76. The first kappa shape index (κ1) is 17.5. The number of hydrogen-bond acceptors (Lipinski definition) is 5. The summed E-state index contributed by atoms with van der Waals surface area (Å²) < 4.78 is 25.4. The van der Waals surface area contributed by atoms with Crippen LogP contribution in [0.4, 0.5) is 4.79 Å². The number of amides is 2. The SMILES string of the molecule is O=C(N1CCS(=O)(=O)CC1)N1CCCC(c2ncc3cnc4[nH]ccc4n23)C1. The Morgan fingerprint density at radius 1 is 1.11 bits per heavy atom. The predicted molar refractivity (Wildman–Crippen MR) is 104 cm³/mol. The van der Waals surface area contributed by atoms with Crippen LogP contribution in [-0.4, -0.2) is 81.3 Å². The summed E-state index contributed by atoms with van der Waals surface area (Å²) in [6, 6.07) is 1.93. The number of hydrogen-bond donors (Lipinski definition) is 1. The number of sulfone groups is 1. The van der Waals surface area contributed by atoms with Crippen LogP contribution in [0.5, 0.6) is 0 Å². The average Bonchev–Trinajstić information content (AvgIpc) is 3.33. The summed E-state index contributed by atoms with van der Waals surface area (Å²) in [5, 5.41) is 0. The molecule has 9 nitrogen and oxygen atoms in total. The number of nitrogens with one attached hydrogen (secondary N) is 1. The zero-order valence-corrected chi connectivity index (χ0v) is 16.2. The third kappa shape index (κ3) is 2.92. The second-order valence-electron chi connectivity index (χ2n) is 7.55. The fourth-order valence-corrected chi connectivity index (χ4v) is 5.46. The van der Waals surface area contributed by atoms with Crippen LogP contribution in [0, 0.1) is 0 Å². The lowest BCUT2D eigenvalue weighted by Gasteiger charge is -2.37. The van der Waals surface area contributed by atoms with E-state index in [2.05, 4.69) is 19.4 Å². The lowest BCUT2D eigenvalue weighted by atomic mass is 9.97. The summed E-state index contributed by atoms with van der Waals surface area (Å²) in [6.45, 7) is 1.85. The molecule has 5 rings (SSSR count). The highest BCUT2D eigenvalue weighted by Crippen LogP contribution is 2.29. The van der Waals surface area contributed by atoms with Crippen molar-refractivity contribution >= 4 is 32.5 Å². The molecule has 0 aliphatic carbocycles. The van der Waals surface area contributed by atoms with Gasteiger partial charge in [0.2, 0.25) is 0 Å². The number of likely N-dealkylation sites (tertiary alicyclic amines) is 1. The molecule has 3 aromatic rings. The number of nitrogens with zero attached hydrogens (tertiary/aromatic N) is 5. The molecule has 5 heterocycles. The van der Waals surface area contributed by atoms with Gasteiger partial charge in [0, 0.05) is 38.3 Å². The lowest BCUT2D eigenvalue weighted by molar-refractivity contribution is 0.140. The topological polar surface area (TPSA) is 104 Å². The number of H-pyrrole nitrogens is 1. The van der Waals surface area contributed by atoms with Crippen LogP contribution in [0.2, 0.25) is 0 Å². The number of aromatic amines is 1. The first-order chi connectivity index (χ1) is 13.5. The van der Waals surface area contributed by atoms with E-state index in [4.69, 9.17) is 0 Å². The molecule has 1 N–H and O–H groups in total. The van der Waals surface area contributed by atoms with E-state index >= 15 is 0 Å². The van der Waals surface area contributed by atoms with Gasteiger partial charge in [-0.1, -0.05) is 0 Å². The van der Waals surface area contributed by atoms with E-state index in [0.29, 0.717) is 13.1 Å². The standard InChI is InChI=1S/C18H22N6O3S/c25-18(22-6-8-28(26,27)9-7-22)23-5-1-2-13(12-23)17-21-11-14-10-20-16-15(24(14)17)3-4-19-16/h3-4,10-11,13,19H,1-2,5-9,12H2. The Balaban J connectivity index is 1.40. The van der Waals surface area contributed by atoms with Crippen molar-refractivity contribution in [2.75, 3.05) is 37.7 Å². The monoisotopic (exact) mass is 402 g/mol. The van der Waals surface area contributed by atoms with Crippen LogP contribution in [0.25, 0.3) is 16.7 Å². The van der Waals surface area contributed by atoms with Crippen LogP contribution in [-0.2, 0) is 9.84 Å². The molecule has 0 aromatic carbocycles. The molecule has 28 heavy (non-hydrogen) atoms. The Kier molecular flexibility index (Phi) is 4.04. The molecule has 2 fully saturated rings. The van der Waals surface area contributed by atoms with E-state index < -0.39 is 9.84 Å². The maximum atomic E-state index is 12.9. The minimum Gasteiger partial charge on any atom is -0.345 e. The molecular weight excluding hydrogens is 380 g/mol. The number of aromatic nitrogens is 4. The van der Waals surface area contributed by atoms with E-state index in [-0.39, 0.29) is 36.5 Å². The zero-order chi connectivity index (χ0) is 19.3. The summed E-state index contributed by atoms with van der Waals surface area (Å²) in [7, 11) is -3.00. The average molecular weight is 402 g/mol. The molecular formula is C18H22N6O3S. The third-order valence-corrected chi connectivity index (χ3v) is 7.37. The fourth-order valence-electron chi connectivity index (χ4n) is 4.25. The van der Waals surface area contributed by atoms with E-state index in [1.807, 2.05) is 23.4 Å². The Bertz CT molecular complexity index is 1140. The molecule has 0 radical (unpaired) electrons. The summed E-state index contributed by atoms with van der Waals surface area (Å²) in [6.07, 6.45) is 7.35. The smallest absolute Gasteiger partial charge is 0.320 e. The van der Waals surface area contributed by atoms with Gasteiger partial charge >= 0.3 is 6.03 Å². The maximum Gasteiger partial charge on any atom is 0.320 e. The number of rotatable bonds is 1. The van der Waals surface area contributed by atoms with Gasteiger partial charge in [-0.2, -0.15) is 0 Å². The second-order valence-corrected chi connectivity index (χ2v) is 9.86. The zero-order valence-electron chi connectivity index (χ0n) is 15.4. The number of carbonyl (C=O) groups is 1.